The summed E-state index contributed by atoms with van der Waals surface area (Å²) in [5.41, 5.74) is 0.673. The third kappa shape index (κ3) is 3.21. The van der Waals surface area contributed by atoms with E-state index in [2.05, 4.69) is 18.3 Å². The molecule has 0 amide bonds. The Hall–Kier alpha value is -1.53. The second-order valence-electron chi connectivity index (χ2n) is 4.55. The van der Waals surface area contributed by atoms with Crippen LogP contribution in [0, 0.1) is 17.2 Å². The molecule has 3 heteroatoms. The van der Waals surface area contributed by atoms with E-state index in [1.165, 1.54) is 12.8 Å². The van der Waals surface area contributed by atoms with Gasteiger partial charge in [0.15, 0.2) is 0 Å². The van der Waals surface area contributed by atoms with Crippen molar-refractivity contribution in [3.05, 3.63) is 29.8 Å². The van der Waals surface area contributed by atoms with Gasteiger partial charge in [-0.1, -0.05) is 0 Å². The van der Waals surface area contributed by atoms with Gasteiger partial charge in [-0.05, 0) is 63.0 Å². The molecule has 1 aliphatic rings. The van der Waals surface area contributed by atoms with Crippen LogP contribution in [-0.4, -0.2) is 19.2 Å². The Labute approximate surface area is 102 Å². The van der Waals surface area contributed by atoms with Gasteiger partial charge < -0.3 is 10.1 Å². The summed E-state index contributed by atoms with van der Waals surface area (Å²) in [7, 11) is 0. The van der Waals surface area contributed by atoms with E-state index in [0.29, 0.717) is 11.5 Å². The van der Waals surface area contributed by atoms with Crippen LogP contribution in [0.15, 0.2) is 24.3 Å². The number of rotatable bonds is 3. The van der Waals surface area contributed by atoms with E-state index >= 15 is 0 Å². The van der Waals surface area contributed by atoms with E-state index in [9.17, 15) is 0 Å². The maximum absolute atomic E-state index is 8.72. The van der Waals surface area contributed by atoms with Crippen LogP contribution in [-0.2, 0) is 0 Å². The molecule has 1 saturated heterocycles. The van der Waals surface area contributed by atoms with E-state index in [0.717, 1.165) is 18.8 Å². The molecule has 1 aromatic rings. The van der Waals surface area contributed by atoms with Gasteiger partial charge in [0.25, 0.3) is 0 Å². The molecule has 1 unspecified atom stereocenters. The summed E-state index contributed by atoms with van der Waals surface area (Å²) in [5, 5.41) is 12.1. The van der Waals surface area contributed by atoms with Crippen molar-refractivity contribution in [1.82, 2.24) is 5.32 Å². The molecule has 0 bridgehead atoms. The minimum absolute atomic E-state index is 0.241. The number of ether oxygens (including phenoxy) is 1. The fraction of sp³-hybridized carbons (Fsp3) is 0.500. The Balaban J connectivity index is 1.92. The number of nitrogens with one attached hydrogen (secondary N) is 1. The second-order valence-corrected chi connectivity index (χ2v) is 4.55. The molecule has 0 spiro atoms. The highest BCUT2D eigenvalue weighted by atomic mass is 16.5. The highest BCUT2D eigenvalue weighted by Crippen LogP contribution is 2.22. The zero-order chi connectivity index (χ0) is 12.1. The molecule has 1 N–H and O–H groups in total. The van der Waals surface area contributed by atoms with Gasteiger partial charge in [0.05, 0.1) is 17.7 Å². The van der Waals surface area contributed by atoms with Crippen LogP contribution >= 0.6 is 0 Å². The lowest BCUT2D eigenvalue weighted by molar-refractivity contribution is 0.128. The number of piperidine rings is 1. The Morgan fingerprint density at radius 2 is 1.94 bits per heavy atom. The van der Waals surface area contributed by atoms with Gasteiger partial charge in [-0.2, -0.15) is 5.26 Å². The molecule has 1 aliphatic heterocycles. The summed E-state index contributed by atoms with van der Waals surface area (Å²) in [5.74, 6) is 1.49. The number of hydrogen-bond donors (Lipinski definition) is 1. The topological polar surface area (TPSA) is 45.0 Å². The van der Waals surface area contributed by atoms with Gasteiger partial charge in [0.1, 0.15) is 5.75 Å². The summed E-state index contributed by atoms with van der Waals surface area (Å²) in [6, 6.07) is 9.44. The minimum Gasteiger partial charge on any atom is -0.490 e. The van der Waals surface area contributed by atoms with E-state index in [4.69, 9.17) is 10.00 Å². The van der Waals surface area contributed by atoms with Crippen LogP contribution < -0.4 is 10.1 Å². The first kappa shape index (κ1) is 11.9. The van der Waals surface area contributed by atoms with Crippen molar-refractivity contribution in [1.29, 1.82) is 5.26 Å². The molecule has 1 atom stereocenters. The van der Waals surface area contributed by atoms with Gasteiger partial charge in [-0.3, -0.25) is 0 Å². The molecule has 1 aromatic carbocycles. The molecule has 1 heterocycles. The Morgan fingerprint density at radius 3 is 2.53 bits per heavy atom. The molecule has 0 saturated carbocycles. The van der Waals surface area contributed by atoms with Gasteiger partial charge in [0, 0.05) is 0 Å². The van der Waals surface area contributed by atoms with Crippen molar-refractivity contribution in [2.45, 2.75) is 25.9 Å². The normalized spacial score (nSPS) is 18.4. The standard InChI is InChI=1S/C14H18N2O/c1-11(13-6-8-16-9-7-13)17-14-4-2-12(10-15)3-5-14/h2-5,11,13,16H,6-9H2,1H3. The lowest BCUT2D eigenvalue weighted by Gasteiger charge is -2.28. The fourth-order valence-corrected chi connectivity index (χ4v) is 2.23. The molecule has 3 nitrogen and oxygen atoms in total. The van der Waals surface area contributed by atoms with Crippen LogP contribution in [0.4, 0.5) is 0 Å². The molecular weight excluding hydrogens is 212 g/mol. The van der Waals surface area contributed by atoms with Gasteiger partial charge in [0.2, 0.25) is 0 Å². The molecule has 90 valence electrons. The van der Waals surface area contributed by atoms with Crippen molar-refractivity contribution in [2.75, 3.05) is 13.1 Å². The first-order chi connectivity index (χ1) is 8.29. The van der Waals surface area contributed by atoms with Crippen LogP contribution in [0.25, 0.3) is 0 Å². The third-order valence-corrected chi connectivity index (χ3v) is 3.35. The molecule has 0 aromatic heterocycles. The number of nitrogens with zero attached hydrogens (tertiary/aromatic N) is 1. The van der Waals surface area contributed by atoms with E-state index in [1.54, 1.807) is 12.1 Å². The van der Waals surface area contributed by atoms with Crippen molar-refractivity contribution in [2.24, 2.45) is 5.92 Å². The van der Waals surface area contributed by atoms with Gasteiger partial charge in [-0.25, -0.2) is 0 Å². The molecule has 0 radical (unpaired) electrons. The van der Waals surface area contributed by atoms with Gasteiger partial charge in [-0.15, -0.1) is 0 Å². The smallest absolute Gasteiger partial charge is 0.119 e. The first-order valence-electron chi connectivity index (χ1n) is 6.17. The van der Waals surface area contributed by atoms with Gasteiger partial charge >= 0.3 is 0 Å². The maximum Gasteiger partial charge on any atom is 0.119 e. The fourth-order valence-electron chi connectivity index (χ4n) is 2.23. The highest BCUT2D eigenvalue weighted by Gasteiger charge is 2.21. The SMILES string of the molecule is CC(Oc1ccc(C#N)cc1)C1CCNCC1. The van der Waals surface area contributed by atoms with E-state index < -0.39 is 0 Å². The van der Waals surface area contributed by atoms with Crippen LogP contribution in [0.5, 0.6) is 5.75 Å². The maximum atomic E-state index is 8.72. The van der Waals surface area contributed by atoms with E-state index in [-0.39, 0.29) is 6.10 Å². The lowest BCUT2D eigenvalue weighted by atomic mass is 9.93. The quantitative estimate of drug-likeness (QED) is 0.866. The summed E-state index contributed by atoms with van der Waals surface area (Å²) in [6.45, 7) is 4.31. The average Bonchev–Trinajstić information content (AvgIpc) is 2.40. The molecule has 2 rings (SSSR count). The molecule has 1 fully saturated rings. The largest absolute Gasteiger partial charge is 0.490 e. The predicted molar refractivity (Wildman–Crippen MR) is 66.8 cm³/mol. The lowest BCUT2D eigenvalue weighted by Crippen LogP contribution is -2.35. The number of hydrogen-bond acceptors (Lipinski definition) is 3. The monoisotopic (exact) mass is 230 g/mol. The average molecular weight is 230 g/mol. The zero-order valence-electron chi connectivity index (χ0n) is 10.1. The Morgan fingerprint density at radius 1 is 1.29 bits per heavy atom. The van der Waals surface area contributed by atoms with Crippen LogP contribution in [0.3, 0.4) is 0 Å². The van der Waals surface area contributed by atoms with Crippen LogP contribution in [0.1, 0.15) is 25.3 Å². The predicted octanol–water partition coefficient (Wildman–Crippen LogP) is 2.33. The molecule has 0 aliphatic carbocycles. The summed E-state index contributed by atoms with van der Waals surface area (Å²) in [6.07, 6.45) is 2.60. The molecular formula is C14H18N2O. The second kappa shape index (κ2) is 5.70. The Kier molecular flexibility index (Phi) is 4.00. The van der Waals surface area contributed by atoms with Crippen molar-refractivity contribution in [3.8, 4) is 11.8 Å². The third-order valence-electron chi connectivity index (χ3n) is 3.35. The number of benzene rings is 1. The summed E-state index contributed by atoms with van der Waals surface area (Å²) in [4.78, 5) is 0. The molecule has 17 heavy (non-hydrogen) atoms. The number of nitriles is 1. The zero-order valence-corrected chi connectivity index (χ0v) is 10.1. The first-order valence-corrected chi connectivity index (χ1v) is 6.17. The highest BCUT2D eigenvalue weighted by molar-refractivity contribution is 5.34. The van der Waals surface area contributed by atoms with Crippen LogP contribution in [0.2, 0.25) is 0 Å². The minimum atomic E-state index is 0.241. The van der Waals surface area contributed by atoms with Crippen molar-refractivity contribution < 1.29 is 4.74 Å². The van der Waals surface area contributed by atoms with E-state index in [1.807, 2.05) is 12.1 Å². The van der Waals surface area contributed by atoms with Crippen molar-refractivity contribution >= 4 is 0 Å². The Bertz CT molecular complexity index is 388. The summed E-state index contributed by atoms with van der Waals surface area (Å²) < 4.78 is 5.92. The van der Waals surface area contributed by atoms with Crippen molar-refractivity contribution in [3.63, 3.8) is 0 Å². The summed E-state index contributed by atoms with van der Waals surface area (Å²) >= 11 is 0.